The maximum Gasteiger partial charge on any atom is 0.325 e. The first-order valence-corrected chi connectivity index (χ1v) is 12.1. The molecule has 32 heavy (non-hydrogen) atoms. The molecule has 3 aromatic rings. The Bertz CT molecular complexity index is 1140. The summed E-state index contributed by atoms with van der Waals surface area (Å²) in [5, 5.41) is 24.0. The summed E-state index contributed by atoms with van der Waals surface area (Å²) in [5.74, 6) is 0.390. The van der Waals surface area contributed by atoms with Gasteiger partial charge in [0.05, 0.1) is 24.6 Å². The highest BCUT2D eigenvalue weighted by atomic mass is 35.5. The van der Waals surface area contributed by atoms with Crippen molar-refractivity contribution in [3.05, 3.63) is 47.5 Å². The second-order valence-electron chi connectivity index (χ2n) is 7.67. The van der Waals surface area contributed by atoms with Gasteiger partial charge in [-0.05, 0) is 30.5 Å². The summed E-state index contributed by atoms with van der Waals surface area (Å²) in [4.78, 5) is 31.0. The molecule has 4 rings (SSSR count). The minimum absolute atomic E-state index is 0.0481. The van der Waals surface area contributed by atoms with E-state index in [4.69, 9.17) is 26.1 Å². The number of aliphatic hydroxyl groups is 2. The molecule has 2 aromatic heterocycles. The molecule has 0 spiro atoms. The van der Waals surface area contributed by atoms with Gasteiger partial charge in [-0.2, -0.15) is 9.97 Å². The first kappa shape index (κ1) is 23.1. The van der Waals surface area contributed by atoms with Crippen molar-refractivity contribution >= 4 is 36.2 Å². The Kier molecular flexibility index (Phi) is 6.51. The Labute approximate surface area is 188 Å². The number of nitrogens with one attached hydrogen (secondary N) is 1. The second-order valence-corrected chi connectivity index (χ2v) is 9.78. The zero-order chi connectivity index (χ0) is 23.0. The number of hydrogen-bond donors (Lipinski definition) is 5. The molecule has 5 N–H and O–H groups in total. The van der Waals surface area contributed by atoms with E-state index in [1.54, 1.807) is 0 Å². The SMILES string of the molecule is C[C@H](Nc1nc(Cl)nc2c1ncn2[C@@H]1O[C@H](CCP(=O)(O)O)C(O)C1O)c1ccccc1. The molecular weight excluding hydrogens is 461 g/mol. The number of anilines is 1. The largest absolute Gasteiger partial charge is 0.388 e. The van der Waals surface area contributed by atoms with Gasteiger partial charge >= 0.3 is 7.60 Å². The molecule has 1 fully saturated rings. The van der Waals surface area contributed by atoms with Crippen molar-refractivity contribution in [2.45, 2.75) is 43.9 Å². The molecule has 1 aliphatic heterocycles. The molecule has 13 heteroatoms. The number of halogens is 1. The second kappa shape index (κ2) is 9.03. The van der Waals surface area contributed by atoms with E-state index in [0.717, 1.165) is 5.56 Å². The number of nitrogens with zero attached hydrogens (tertiary/aromatic N) is 4. The van der Waals surface area contributed by atoms with Crippen molar-refractivity contribution < 1.29 is 29.3 Å². The number of hydrogen-bond acceptors (Lipinski definition) is 8. The van der Waals surface area contributed by atoms with Crippen LogP contribution in [0.2, 0.25) is 5.28 Å². The van der Waals surface area contributed by atoms with Crippen LogP contribution in [0.5, 0.6) is 0 Å². The highest BCUT2D eigenvalue weighted by Gasteiger charge is 2.44. The Hall–Kier alpha value is -2.11. The minimum atomic E-state index is -4.27. The summed E-state index contributed by atoms with van der Waals surface area (Å²) >= 11 is 6.14. The quantitative estimate of drug-likeness (QED) is 0.247. The fourth-order valence-electron chi connectivity index (χ4n) is 3.70. The fraction of sp³-hybridized carbons (Fsp3) is 0.421. The summed E-state index contributed by atoms with van der Waals surface area (Å²) in [6.07, 6.45) is -3.93. The Morgan fingerprint density at radius 2 is 1.94 bits per heavy atom. The number of ether oxygens (including phenoxy) is 1. The minimum Gasteiger partial charge on any atom is -0.388 e. The Balaban J connectivity index is 1.61. The third-order valence-electron chi connectivity index (χ3n) is 5.36. The monoisotopic (exact) mass is 483 g/mol. The van der Waals surface area contributed by atoms with E-state index < -0.39 is 38.3 Å². The first-order valence-electron chi connectivity index (χ1n) is 9.92. The first-order chi connectivity index (χ1) is 15.1. The van der Waals surface area contributed by atoms with Crippen molar-refractivity contribution in [2.24, 2.45) is 0 Å². The molecule has 0 radical (unpaired) electrons. The predicted octanol–water partition coefficient (Wildman–Crippen LogP) is 1.84. The number of fused-ring (bicyclic) bond motifs is 1. The predicted molar refractivity (Wildman–Crippen MR) is 116 cm³/mol. The van der Waals surface area contributed by atoms with E-state index >= 15 is 0 Å². The van der Waals surface area contributed by atoms with Gasteiger partial charge < -0.3 is 30.1 Å². The molecule has 0 aliphatic carbocycles. The zero-order valence-electron chi connectivity index (χ0n) is 17.0. The summed E-state index contributed by atoms with van der Waals surface area (Å²) in [6.45, 7) is 1.96. The summed E-state index contributed by atoms with van der Waals surface area (Å²) < 4.78 is 18.3. The van der Waals surface area contributed by atoms with Crippen molar-refractivity contribution in [3.63, 3.8) is 0 Å². The molecule has 11 nitrogen and oxygen atoms in total. The lowest BCUT2D eigenvalue weighted by molar-refractivity contribution is -0.0355. The average Bonchev–Trinajstić information content (AvgIpc) is 3.28. The third kappa shape index (κ3) is 4.79. The summed E-state index contributed by atoms with van der Waals surface area (Å²) in [7, 11) is -4.27. The molecule has 0 saturated carbocycles. The molecule has 1 saturated heterocycles. The molecule has 1 aliphatic rings. The summed E-state index contributed by atoms with van der Waals surface area (Å²) in [6, 6.07) is 9.61. The molecule has 172 valence electrons. The molecule has 3 heterocycles. The van der Waals surface area contributed by atoms with Crippen LogP contribution in [-0.4, -0.2) is 64.0 Å². The van der Waals surface area contributed by atoms with Gasteiger partial charge in [0.1, 0.15) is 12.2 Å². The topological polar surface area (TPSA) is 163 Å². The van der Waals surface area contributed by atoms with E-state index in [9.17, 15) is 14.8 Å². The summed E-state index contributed by atoms with van der Waals surface area (Å²) in [5.41, 5.74) is 1.70. The van der Waals surface area contributed by atoms with Crippen molar-refractivity contribution in [1.29, 1.82) is 0 Å². The van der Waals surface area contributed by atoms with Gasteiger partial charge in [-0.1, -0.05) is 30.3 Å². The Morgan fingerprint density at radius 3 is 2.62 bits per heavy atom. The van der Waals surface area contributed by atoms with E-state index in [1.807, 2.05) is 37.3 Å². The lowest BCUT2D eigenvalue weighted by Gasteiger charge is -2.18. The van der Waals surface area contributed by atoms with Crippen LogP contribution >= 0.6 is 19.2 Å². The zero-order valence-corrected chi connectivity index (χ0v) is 18.6. The molecule has 5 atom stereocenters. The van der Waals surface area contributed by atoms with Crippen LogP contribution in [0.25, 0.3) is 11.2 Å². The van der Waals surface area contributed by atoms with Gasteiger partial charge in [-0.15, -0.1) is 0 Å². The number of aliphatic hydroxyl groups excluding tert-OH is 2. The van der Waals surface area contributed by atoms with Gasteiger partial charge in [0, 0.05) is 0 Å². The molecule has 2 unspecified atom stereocenters. The highest BCUT2D eigenvalue weighted by Crippen LogP contribution is 2.39. The van der Waals surface area contributed by atoms with Crippen LogP contribution in [-0.2, 0) is 9.30 Å². The number of benzene rings is 1. The van der Waals surface area contributed by atoms with Gasteiger partial charge in [0.15, 0.2) is 23.2 Å². The maximum absolute atomic E-state index is 11.2. The number of aromatic nitrogens is 4. The number of rotatable bonds is 7. The van der Waals surface area contributed by atoms with E-state index in [2.05, 4.69) is 20.3 Å². The Morgan fingerprint density at radius 1 is 1.22 bits per heavy atom. The highest BCUT2D eigenvalue weighted by molar-refractivity contribution is 7.51. The van der Waals surface area contributed by atoms with Crippen LogP contribution in [0.4, 0.5) is 5.82 Å². The van der Waals surface area contributed by atoms with Gasteiger partial charge in [-0.25, -0.2) is 4.98 Å². The van der Waals surface area contributed by atoms with Crippen LogP contribution in [0.15, 0.2) is 36.7 Å². The van der Waals surface area contributed by atoms with Crippen molar-refractivity contribution in [2.75, 3.05) is 11.5 Å². The van der Waals surface area contributed by atoms with E-state index in [1.165, 1.54) is 10.9 Å². The van der Waals surface area contributed by atoms with Crippen molar-refractivity contribution in [1.82, 2.24) is 19.5 Å². The maximum atomic E-state index is 11.2. The third-order valence-corrected chi connectivity index (χ3v) is 6.37. The molecular formula is C19H23ClN5O6P. The van der Waals surface area contributed by atoms with Gasteiger partial charge in [0.2, 0.25) is 5.28 Å². The molecule has 1 aromatic carbocycles. The van der Waals surface area contributed by atoms with Crippen LogP contribution in [0, 0.1) is 0 Å². The normalized spacial score (nSPS) is 24.7. The van der Waals surface area contributed by atoms with Crippen LogP contribution < -0.4 is 5.32 Å². The van der Waals surface area contributed by atoms with Crippen molar-refractivity contribution in [3.8, 4) is 0 Å². The standard InChI is InChI=1S/C19H23ClN5O6P/c1-10(11-5-3-2-4-6-11)22-16-13-17(24-19(20)23-16)25(9-21-13)18-15(27)14(26)12(31-18)7-8-32(28,29)30/h2-6,9-10,12,14-15,18,26-27H,7-8H2,1H3,(H,22,23,24)(H2,28,29,30)/t10-,12+,14?,15?,18+/m0/s1. The smallest absolute Gasteiger partial charge is 0.325 e. The van der Waals surface area contributed by atoms with E-state index in [-0.39, 0.29) is 23.4 Å². The van der Waals surface area contributed by atoms with E-state index in [0.29, 0.717) is 11.3 Å². The van der Waals surface area contributed by atoms with Crippen LogP contribution in [0.1, 0.15) is 31.2 Å². The lowest BCUT2D eigenvalue weighted by Crippen LogP contribution is -2.31. The molecule has 0 amide bonds. The molecule has 0 bridgehead atoms. The van der Waals surface area contributed by atoms with Crippen LogP contribution in [0.3, 0.4) is 0 Å². The lowest BCUT2D eigenvalue weighted by atomic mass is 10.1. The van der Waals surface area contributed by atoms with Gasteiger partial charge in [-0.3, -0.25) is 9.13 Å². The van der Waals surface area contributed by atoms with Gasteiger partial charge in [0.25, 0.3) is 0 Å². The number of imidazole rings is 1. The fourth-order valence-corrected chi connectivity index (χ4v) is 4.46. The average molecular weight is 484 g/mol.